The normalized spacial score (nSPS) is 7.40. The molecule has 0 spiro atoms. The van der Waals surface area contributed by atoms with Gasteiger partial charge in [0.25, 0.3) is 0 Å². The van der Waals surface area contributed by atoms with Gasteiger partial charge in [0.1, 0.15) is 12.0 Å². The van der Waals surface area contributed by atoms with Crippen molar-refractivity contribution in [2.75, 3.05) is 7.05 Å². The fraction of sp³-hybridized carbons (Fsp3) is 0.167. The summed E-state index contributed by atoms with van der Waals surface area (Å²) in [6.07, 6.45) is 3.54. The van der Waals surface area contributed by atoms with Gasteiger partial charge >= 0.3 is 0 Å². The van der Waals surface area contributed by atoms with Crippen molar-refractivity contribution >= 4 is 6.29 Å². The molecule has 10 heavy (non-hydrogen) atoms. The van der Waals surface area contributed by atoms with Crippen LogP contribution in [0.25, 0.3) is 0 Å². The van der Waals surface area contributed by atoms with Crippen molar-refractivity contribution in [2.24, 2.45) is 5.73 Å². The summed E-state index contributed by atoms with van der Waals surface area (Å²) in [5.41, 5.74) is 4.92. The highest BCUT2D eigenvalue weighted by Gasteiger charge is 1.82. The Morgan fingerprint density at radius 1 is 1.60 bits per heavy atom. The first-order valence-electron chi connectivity index (χ1n) is 2.72. The molecular weight excluding hydrogens is 130 g/mol. The average molecular weight is 139 g/mol. The molecule has 0 aromatic carbocycles. The van der Waals surface area contributed by atoms with Crippen LogP contribution in [0.1, 0.15) is 10.5 Å². The zero-order valence-electron chi connectivity index (χ0n) is 5.69. The maximum absolute atomic E-state index is 9.92. The molecular formula is C6H9N3O. The first kappa shape index (κ1) is 8.71. The number of aromatic nitrogens is 2. The summed E-state index contributed by atoms with van der Waals surface area (Å²) in [6.45, 7) is 0. The third kappa shape index (κ3) is 2.88. The Kier molecular flexibility index (Phi) is 5.09. The van der Waals surface area contributed by atoms with Gasteiger partial charge in [-0.25, -0.2) is 9.97 Å². The maximum atomic E-state index is 9.92. The summed E-state index contributed by atoms with van der Waals surface area (Å²) >= 11 is 0. The SMILES string of the molecule is CN.O=Cc1ccncn1. The predicted molar refractivity (Wildman–Crippen MR) is 37.5 cm³/mol. The zero-order valence-corrected chi connectivity index (χ0v) is 5.69. The zero-order chi connectivity index (χ0) is 7.82. The van der Waals surface area contributed by atoms with E-state index in [2.05, 4.69) is 15.7 Å². The first-order valence-corrected chi connectivity index (χ1v) is 2.72. The van der Waals surface area contributed by atoms with E-state index in [0.29, 0.717) is 12.0 Å². The number of aldehydes is 1. The molecule has 1 aromatic heterocycles. The Morgan fingerprint density at radius 3 is 2.60 bits per heavy atom. The molecule has 0 fully saturated rings. The summed E-state index contributed by atoms with van der Waals surface area (Å²) < 4.78 is 0. The van der Waals surface area contributed by atoms with E-state index in [9.17, 15) is 4.79 Å². The van der Waals surface area contributed by atoms with Gasteiger partial charge in [-0.2, -0.15) is 0 Å². The molecule has 0 amide bonds. The Balaban J connectivity index is 0.000000371. The van der Waals surface area contributed by atoms with E-state index in [1.807, 2.05) is 0 Å². The van der Waals surface area contributed by atoms with Gasteiger partial charge in [0, 0.05) is 6.20 Å². The third-order valence-electron chi connectivity index (χ3n) is 0.726. The highest BCUT2D eigenvalue weighted by Crippen LogP contribution is 1.81. The van der Waals surface area contributed by atoms with Crippen LogP contribution >= 0.6 is 0 Å². The van der Waals surface area contributed by atoms with Gasteiger partial charge in [-0.05, 0) is 13.1 Å². The van der Waals surface area contributed by atoms with Crippen molar-refractivity contribution in [3.63, 3.8) is 0 Å². The number of hydrogen-bond donors (Lipinski definition) is 1. The Hall–Kier alpha value is -1.29. The lowest BCUT2D eigenvalue weighted by atomic mass is 10.5. The van der Waals surface area contributed by atoms with E-state index in [0.717, 1.165) is 0 Å². The molecule has 1 rings (SSSR count). The number of carbonyl (C=O) groups excluding carboxylic acids is 1. The molecule has 0 saturated carbocycles. The lowest BCUT2D eigenvalue weighted by Gasteiger charge is -1.80. The highest BCUT2D eigenvalue weighted by atomic mass is 16.1. The fourth-order valence-electron chi connectivity index (χ4n) is 0.371. The van der Waals surface area contributed by atoms with E-state index >= 15 is 0 Å². The molecule has 0 saturated heterocycles. The van der Waals surface area contributed by atoms with Crippen LogP contribution in [0.2, 0.25) is 0 Å². The second-order valence-electron chi connectivity index (χ2n) is 1.25. The summed E-state index contributed by atoms with van der Waals surface area (Å²) in [4.78, 5) is 17.2. The molecule has 4 nitrogen and oxygen atoms in total. The molecule has 1 aromatic rings. The predicted octanol–water partition coefficient (Wildman–Crippen LogP) is -0.136. The van der Waals surface area contributed by atoms with Crippen LogP contribution in [0, 0.1) is 0 Å². The number of nitrogens with two attached hydrogens (primary N) is 1. The van der Waals surface area contributed by atoms with E-state index in [1.54, 1.807) is 6.07 Å². The number of carbonyl (C=O) groups is 1. The van der Waals surface area contributed by atoms with Crippen molar-refractivity contribution in [1.82, 2.24) is 9.97 Å². The molecule has 0 aliphatic carbocycles. The van der Waals surface area contributed by atoms with Crippen molar-refractivity contribution in [3.05, 3.63) is 24.3 Å². The maximum Gasteiger partial charge on any atom is 0.168 e. The standard InChI is InChI=1S/C5H4N2O.CH5N/c8-3-5-1-2-6-4-7-5;1-2/h1-4H;2H2,1H3. The monoisotopic (exact) mass is 139 g/mol. The van der Waals surface area contributed by atoms with E-state index in [1.165, 1.54) is 19.6 Å². The van der Waals surface area contributed by atoms with Crippen molar-refractivity contribution in [1.29, 1.82) is 0 Å². The summed E-state index contributed by atoms with van der Waals surface area (Å²) in [5, 5.41) is 0. The first-order chi connectivity index (χ1) is 4.93. The lowest BCUT2D eigenvalue weighted by Crippen LogP contribution is -1.83. The van der Waals surface area contributed by atoms with Gasteiger partial charge < -0.3 is 5.73 Å². The quantitative estimate of drug-likeness (QED) is 0.550. The second-order valence-corrected chi connectivity index (χ2v) is 1.25. The molecule has 0 bridgehead atoms. The van der Waals surface area contributed by atoms with Crippen LogP contribution in [0.3, 0.4) is 0 Å². The number of hydrogen-bond acceptors (Lipinski definition) is 4. The van der Waals surface area contributed by atoms with Gasteiger partial charge in [-0.15, -0.1) is 0 Å². The fourth-order valence-corrected chi connectivity index (χ4v) is 0.371. The van der Waals surface area contributed by atoms with Gasteiger partial charge in [-0.3, -0.25) is 4.79 Å². The van der Waals surface area contributed by atoms with E-state index in [-0.39, 0.29) is 0 Å². The van der Waals surface area contributed by atoms with Crippen molar-refractivity contribution in [3.8, 4) is 0 Å². The van der Waals surface area contributed by atoms with E-state index < -0.39 is 0 Å². The number of nitrogens with zero attached hydrogens (tertiary/aromatic N) is 2. The molecule has 0 aliphatic heterocycles. The molecule has 54 valence electrons. The Morgan fingerprint density at radius 2 is 2.30 bits per heavy atom. The molecule has 0 atom stereocenters. The van der Waals surface area contributed by atoms with Crippen molar-refractivity contribution < 1.29 is 4.79 Å². The van der Waals surface area contributed by atoms with Crippen LogP contribution in [-0.4, -0.2) is 23.3 Å². The van der Waals surface area contributed by atoms with Crippen LogP contribution < -0.4 is 5.73 Å². The van der Waals surface area contributed by atoms with Gasteiger partial charge in [0.2, 0.25) is 0 Å². The van der Waals surface area contributed by atoms with Crippen LogP contribution in [0.5, 0.6) is 0 Å². The molecule has 4 heteroatoms. The minimum atomic E-state index is 0.417. The van der Waals surface area contributed by atoms with Gasteiger partial charge in [-0.1, -0.05) is 0 Å². The Bertz CT molecular complexity index is 176. The highest BCUT2D eigenvalue weighted by molar-refractivity contribution is 5.70. The van der Waals surface area contributed by atoms with Gasteiger partial charge in [0.05, 0.1) is 0 Å². The minimum Gasteiger partial charge on any atom is -0.333 e. The summed E-state index contributed by atoms with van der Waals surface area (Å²) in [7, 11) is 1.50. The number of rotatable bonds is 1. The minimum absolute atomic E-state index is 0.417. The molecule has 0 radical (unpaired) electrons. The summed E-state index contributed by atoms with van der Waals surface area (Å²) in [5.74, 6) is 0. The van der Waals surface area contributed by atoms with E-state index in [4.69, 9.17) is 0 Å². The third-order valence-corrected chi connectivity index (χ3v) is 0.726. The summed E-state index contributed by atoms with van der Waals surface area (Å²) in [6, 6.07) is 1.55. The van der Waals surface area contributed by atoms with Crippen LogP contribution in [-0.2, 0) is 0 Å². The molecule has 2 N–H and O–H groups in total. The smallest absolute Gasteiger partial charge is 0.168 e. The average Bonchev–Trinajstić information content (AvgIpc) is 2.10. The molecule has 0 aliphatic rings. The van der Waals surface area contributed by atoms with Crippen molar-refractivity contribution in [2.45, 2.75) is 0 Å². The van der Waals surface area contributed by atoms with Crippen LogP contribution in [0.15, 0.2) is 18.6 Å². The topological polar surface area (TPSA) is 68.9 Å². The molecule has 1 heterocycles. The lowest BCUT2D eigenvalue weighted by molar-refractivity contribution is 0.111. The Labute approximate surface area is 59.1 Å². The van der Waals surface area contributed by atoms with Gasteiger partial charge in [0.15, 0.2) is 6.29 Å². The largest absolute Gasteiger partial charge is 0.333 e. The van der Waals surface area contributed by atoms with Crippen LogP contribution in [0.4, 0.5) is 0 Å². The molecule has 0 unspecified atom stereocenters. The second kappa shape index (κ2) is 5.84.